The number of nitrogens with zero attached hydrogens (tertiary/aromatic N) is 3. The van der Waals surface area contributed by atoms with E-state index in [4.69, 9.17) is 21.1 Å². The predicted octanol–water partition coefficient (Wildman–Crippen LogP) is 3.14. The average Bonchev–Trinajstić information content (AvgIpc) is 3.05. The van der Waals surface area contributed by atoms with E-state index in [0.717, 1.165) is 42.1 Å². The summed E-state index contributed by atoms with van der Waals surface area (Å²) in [6.45, 7) is 4.17. The minimum absolute atomic E-state index is 0.316. The highest BCUT2D eigenvalue weighted by molar-refractivity contribution is 7.16. The lowest BCUT2D eigenvalue weighted by atomic mass is 9.81. The van der Waals surface area contributed by atoms with Crippen molar-refractivity contribution in [3.63, 3.8) is 0 Å². The van der Waals surface area contributed by atoms with Crippen molar-refractivity contribution in [1.82, 2.24) is 14.9 Å². The zero-order chi connectivity index (χ0) is 18.3. The van der Waals surface area contributed by atoms with Gasteiger partial charge in [-0.2, -0.15) is 0 Å². The molecule has 0 radical (unpaired) electrons. The molecule has 0 aromatic carbocycles. The molecule has 1 spiro atoms. The molecular formula is C18H22ClN3O3S. The number of hydrogen-bond donors (Lipinski definition) is 1. The number of hydrogen-bond acceptors (Lipinski definition) is 7. The molecule has 0 bridgehead atoms. The molecule has 4 heterocycles. The third-order valence-corrected chi connectivity index (χ3v) is 6.79. The van der Waals surface area contributed by atoms with Crippen LogP contribution >= 0.6 is 22.9 Å². The predicted molar refractivity (Wildman–Crippen MR) is 99.6 cm³/mol. The van der Waals surface area contributed by atoms with Gasteiger partial charge in [0.05, 0.1) is 36.1 Å². The third kappa shape index (κ3) is 3.23. The minimum atomic E-state index is -0.581. The van der Waals surface area contributed by atoms with Gasteiger partial charge in [0.25, 0.3) is 0 Å². The highest BCUT2D eigenvalue weighted by Gasteiger charge is 2.46. The molecule has 0 unspecified atom stereocenters. The number of halogens is 1. The molecule has 3 atom stereocenters. The number of thiophene rings is 1. The zero-order valence-corrected chi connectivity index (χ0v) is 16.4. The van der Waals surface area contributed by atoms with Gasteiger partial charge in [-0.1, -0.05) is 11.6 Å². The highest BCUT2D eigenvalue weighted by Crippen LogP contribution is 2.50. The number of fused-ring (bicyclic) bond motifs is 2. The number of aliphatic hydroxyl groups is 1. The van der Waals surface area contributed by atoms with Crippen LogP contribution in [0.4, 0.5) is 0 Å². The topological polar surface area (TPSA) is 67.7 Å². The molecule has 0 aliphatic carbocycles. The van der Waals surface area contributed by atoms with Gasteiger partial charge in [0, 0.05) is 29.6 Å². The largest absolute Gasteiger partial charge is 0.480 e. The van der Waals surface area contributed by atoms with E-state index >= 15 is 0 Å². The fourth-order valence-corrected chi connectivity index (χ4v) is 5.41. The second-order valence-corrected chi connectivity index (χ2v) is 8.66. The van der Waals surface area contributed by atoms with Crippen molar-refractivity contribution in [2.45, 2.75) is 44.1 Å². The number of aliphatic hydroxyl groups excluding tert-OH is 1. The molecule has 0 amide bonds. The van der Waals surface area contributed by atoms with E-state index < -0.39 is 6.10 Å². The first-order valence-electron chi connectivity index (χ1n) is 8.71. The van der Waals surface area contributed by atoms with Crippen LogP contribution in [0.5, 0.6) is 5.88 Å². The van der Waals surface area contributed by atoms with Gasteiger partial charge in [-0.3, -0.25) is 9.88 Å². The summed E-state index contributed by atoms with van der Waals surface area (Å²) in [6, 6.07) is 2.21. The summed E-state index contributed by atoms with van der Waals surface area (Å²) in [4.78, 5) is 12.1. The molecule has 1 saturated heterocycles. The van der Waals surface area contributed by atoms with Gasteiger partial charge in [-0.05, 0) is 25.8 Å². The molecule has 8 heteroatoms. The lowest BCUT2D eigenvalue weighted by molar-refractivity contribution is -0.139. The molecule has 1 fully saturated rings. The highest BCUT2D eigenvalue weighted by atomic mass is 35.5. The van der Waals surface area contributed by atoms with Gasteiger partial charge in [-0.25, -0.2) is 4.98 Å². The number of likely N-dealkylation sites (tertiary alicyclic amines) is 1. The Balaban J connectivity index is 1.50. The number of methoxy groups -OCH3 is 1. The van der Waals surface area contributed by atoms with Crippen LogP contribution in [0, 0.1) is 0 Å². The first-order valence-corrected chi connectivity index (χ1v) is 9.91. The SMILES string of the molecule is COc1cnc(CN2CC[C@]3(C[C@@H]2C)OC[C@H](O)c2cc(Cl)sc23)cn1. The van der Waals surface area contributed by atoms with E-state index in [2.05, 4.69) is 21.8 Å². The van der Waals surface area contributed by atoms with Crippen LogP contribution in [0.1, 0.15) is 42.0 Å². The summed E-state index contributed by atoms with van der Waals surface area (Å²) in [5.74, 6) is 0.524. The van der Waals surface area contributed by atoms with Crippen LogP contribution in [0.15, 0.2) is 18.5 Å². The smallest absolute Gasteiger partial charge is 0.231 e. The first-order chi connectivity index (χ1) is 12.5. The normalized spacial score (nSPS) is 28.9. The maximum atomic E-state index is 10.2. The maximum Gasteiger partial charge on any atom is 0.231 e. The Morgan fingerprint density at radius 3 is 3.00 bits per heavy atom. The van der Waals surface area contributed by atoms with Crippen molar-refractivity contribution in [2.24, 2.45) is 0 Å². The standard InChI is InChI=1S/C18H22ClN3O3S/c1-11-6-18(17-13(5-15(19)26-17)14(23)10-25-18)3-4-22(11)9-12-7-21-16(24-2)8-20-12/h5,7-8,11,14,23H,3-4,6,9-10H2,1-2H3/t11-,14-,18+/m0/s1. The molecule has 2 aliphatic heterocycles. The van der Waals surface area contributed by atoms with Crippen LogP contribution in [-0.4, -0.2) is 46.3 Å². The van der Waals surface area contributed by atoms with Crippen LogP contribution in [-0.2, 0) is 16.9 Å². The second kappa shape index (κ2) is 7.05. The quantitative estimate of drug-likeness (QED) is 0.861. The van der Waals surface area contributed by atoms with Gasteiger partial charge in [0.1, 0.15) is 11.7 Å². The van der Waals surface area contributed by atoms with Gasteiger partial charge in [-0.15, -0.1) is 11.3 Å². The molecule has 2 aliphatic rings. The maximum absolute atomic E-state index is 10.2. The number of rotatable bonds is 3. The summed E-state index contributed by atoms with van der Waals surface area (Å²) in [7, 11) is 1.59. The van der Waals surface area contributed by atoms with Crippen LogP contribution in [0.25, 0.3) is 0 Å². The number of piperidine rings is 1. The summed E-state index contributed by atoms with van der Waals surface area (Å²) >= 11 is 7.77. The Morgan fingerprint density at radius 1 is 1.46 bits per heavy atom. The fraction of sp³-hybridized carbons (Fsp3) is 0.556. The third-order valence-electron chi connectivity index (χ3n) is 5.33. The molecule has 2 aromatic heterocycles. The number of ether oxygens (including phenoxy) is 2. The Bertz CT molecular complexity index is 784. The van der Waals surface area contributed by atoms with Gasteiger partial charge >= 0.3 is 0 Å². The van der Waals surface area contributed by atoms with Crippen molar-refractivity contribution in [3.05, 3.63) is 38.9 Å². The van der Waals surface area contributed by atoms with Crippen molar-refractivity contribution in [1.29, 1.82) is 0 Å². The molecule has 0 saturated carbocycles. The van der Waals surface area contributed by atoms with Crippen LogP contribution in [0.3, 0.4) is 0 Å². The Labute approximate surface area is 161 Å². The molecule has 6 nitrogen and oxygen atoms in total. The lowest BCUT2D eigenvalue weighted by Gasteiger charge is -2.47. The van der Waals surface area contributed by atoms with E-state index in [1.807, 2.05) is 6.07 Å². The van der Waals surface area contributed by atoms with Gasteiger partial charge < -0.3 is 14.6 Å². The Kier molecular flexibility index (Phi) is 4.92. The molecule has 1 N–H and O–H groups in total. The molecule has 140 valence electrons. The fourth-order valence-electron chi connectivity index (χ4n) is 3.93. The molecular weight excluding hydrogens is 374 g/mol. The monoisotopic (exact) mass is 395 g/mol. The van der Waals surface area contributed by atoms with Crippen molar-refractivity contribution in [2.75, 3.05) is 20.3 Å². The van der Waals surface area contributed by atoms with Crippen molar-refractivity contribution >= 4 is 22.9 Å². The van der Waals surface area contributed by atoms with E-state index in [-0.39, 0.29) is 5.60 Å². The Hall–Kier alpha value is -1.25. The summed E-state index contributed by atoms with van der Waals surface area (Å²) < 4.78 is 12.0. The van der Waals surface area contributed by atoms with Crippen LogP contribution < -0.4 is 4.74 Å². The summed E-state index contributed by atoms with van der Waals surface area (Å²) in [5, 5.41) is 10.2. The van der Waals surface area contributed by atoms with Gasteiger partial charge in [0.2, 0.25) is 5.88 Å². The molecule has 2 aromatic rings. The molecule has 4 rings (SSSR count). The van der Waals surface area contributed by atoms with E-state index in [1.165, 1.54) is 11.3 Å². The number of aromatic nitrogens is 2. The van der Waals surface area contributed by atoms with E-state index in [1.54, 1.807) is 19.5 Å². The van der Waals surface area contributed by atoms with Gasteiger partial charge in [0.15, 0.2) is 0 Å². The minimum Gasteiger partial charge on any atom is -0.480 e. The molecule has 26 heavy (non-hydrogen) atoms. The van der Waals surface area contributed by atoms with E-state index in [9.17, 15) is 5.11 Å². The van der Waals surface area contributed by atoms with Crippen molar-refractivity contribution < 1.29 is 14.6 Å². The first kappa shape index (κ1) is 18.1. The van der Waals surface area contributed by atoms with Crippen molar-refractivity contribution in [3.8, 4) is 5.88 Å². The lowest BCUT2D eigenvalue weighted by Crippen LogP contribution is -2.50. The Morgan fingerprint density at radius 2 is 2.31 bits per heavy atom. The zero-order valence-electron chi connectivity index (χ0n) is 14.8. The van der Waals surface area contributed by atoms with E-state index in [0.29, 0.717) is 22.9 Å². The average molecular weight is 396 g/mol. The summed E-state index contributed by atoms with van der Waals surface area (Å²) in [6.07, 6.45) is 4.57. The summed E-state index contributed by atoms with van der Waals surface area (Å²) in [5.41, 5.74) is 1.52. The van der Waals surface area contributed by atoms with Crippen LogP contribution in [0.2, 0.25) is 4.34 Å². The second-order valence-electron chi connectivity index (χ2n) is 6.98.